The van der Waals surface area contributed by atoms with Crippen molar-refractivity contribution in [3.05, 3.63) is 41.7 Å². The average molecular weight is 243 g/mol. The first-order valence-electron chi connectivity index (χ1n) is 6.50. The minimum absolute atomic E-state index is 0.951. The Labute approximate surface area is 109 Å². The normalized spacial score (nSPS) is 10.8. The molecular formula is C15H21N3. The van der Waals surface area contributed by atoms with Crippen molar-refractivity contribution in [3.8, 4) is 11.1 Å². The van der Waals surface area contributed by atoms with Gasteiger partial charge in [0.1, 0.15) is 0 Å². The van der Waals surface area contributed by atoms with Crippen LogP contribution in [0.1, 0.15) is 24.5 Å². The average Bonchev–Trinajstić information content (AvgIpc) is 2.78. The van der Waals surface area contributed by atoms with E-state index in [1.165, 1.54) is 28.7 Å². The topological polar surface area (TPSA) is 29.9 Å². The molecule has 96 valence electrons. The van der Waals surface area contributed by atoms with Gasteiger partial charge in [-0.15, -0.1) is 0 Å². The zero-order valence-corrected chi connectivity index (χ0v) is 11.4. The molecule has 0 aliphatic rings. The molecule has 1 N–H and O–H groups in total. The van der Waals surface area contributed by atoms with E-state index in [2.05, 4.69) is 42.5 Å². The van der Waals surface area contributed by atoms with Gasteiger partial charge >= 0.3 is 0 Å². The molecular weight excluding hydrogens is 222 g/mol. The molecule has 0 aliphatic heterocycles. The molecule has 0 bridgehead atoms. The second-order valence-corrected chi connectivity index (χ2v) is 4.72. The number of nitrogens with zero attached hydrogens (tertiary/aromatic N) is 2. The maximum atomic E-state index is 4.21. The van der Waals surface area contributed by atoms with Crippen molar-refractivity contribution in [1.29, 1.82) is 0 Å². The Balaban J connectivity index is 2.14. The molecule has 3 nitrogen and oxygen atoms in total. The molecule has 0 unspecified atom stereocenters. The summed E-state index contributed by atoms with van der Waals surface area (Å²) in [6, 6.07) is 6.62. The monoisotopic (exact) mass is 243 g/mol. The van der Waals surface area contributed by atoms with Crippen LogP contribution in [0.15, 0.2) is 30.6 Å². The van der Waals surface area contributed by atoms with Crippen molar-refractivity contribution in [2.45, 2.75) is 26.8 Å². The standard InChI is InChI=1S/C15H21N3/c1-4-7-16-9-14-6-5-13(8-12(14)2)15-10-17-18(3)11-15/h5-6,8,10-11,16H,4,7,9H2,1-3H3. The van der Waals surface area contributed by atoms with Gasteiger partial charge in [-0.2, -0.15) is 5.10 Å². The Kier molecular flexibility index (Phi) is 4.15. The Morgan fingerprint density at radius 3 is 2.72 bits per heavy atom. The van der Waals surface area contributed by atoms with Gasteiger partial charge in [0.25, 0.3) is 0 Å². The van der Waals surface area contributed by atoms with E-state index in [9.17, 15) is 0 Å². The summed E-state index contributed by atoms with van der Waals surface area (Å²) in [5, 5.41) is 7.65. The molecule has 0 radical (unpaired) electrons. The number of aryl methyl sites for hydroxylation is 2. The quantitative estimate of drug-likeness (QED) is 0.818. The van der Waals surface area contributed by atoms with E-state index in [-0.39, 0.29) is 0 Å². The number of nitrogens with one attached hydrogen (secondary N) is 1. The van der Waals surface area contributed by atoms with Crippen LogP contribution in [0.2, 0.25) is 0 Å². The van der Waals surface area contributed by atoms with Crippen LogP contribution >= 0.6 is 0 Å². The highest BCUT2D eigenvalue weighted by Gasteiger charge is 2.03. The fourth-order valence-corrected chi connectivity index (χ4v) is 2.04. The molecule has 1 heterocycles. The molecule has 0 aliphatic carbocycles. The zero-order chi connectivity index (χ0) is 13.0. The van der Waals surface area contributed by atoms with Gasteiger partial charge in [-0.05, 0) is 36.6 Å². The molecule has 0 saturated heterocycles. The van der Waals surface area contributed by atoms with Crippen LogP contribution in [0.25, 0.3) is 11.1 Å². The fourth-order valence-electron chi connectivity index (χ4n) is 2.04. The number of hydrogen-bond donors (Lipinski definition) is 1. The van der Waals surface area contributed by atoms with Crippen molar-refractivity contribution in [2.24, 2.45) is 7.05 Å². The van der Waals surface area contributed by atoms with Crippen molar-refractivity contribution in [1.82, 2.24) is 15.1 Å². The molecule has 2 rings (SSSR count). The Bertz CT molecular complexity index is 514. The van der Waals surface area contributed by atoms with Gasteiger partial charge < -0.3 is 5.32 Å². The van der Waals surface area contributed by atoms with Crippen LogP contribution in [0.3, 0.4) is 0 Å². The van der Waals surface area contributed by atoms with E-state index in [0.29, 0.717) is 0 Å². The minimum atomic E-state index is 0.951. The van der Waals surface area contributed by atoms with E-state index in [1.54, 1.807) is 0 Å². The van der Waals surface area contributed by atoms with Gasteiger partial charge in [0.15, 0.2) is 0 Å². The molecule has 1 aromatic carbocycles. The molecule has 18 heavy (non-hydrogen) atoms. The van der Waals surface area contributed by atoms with Crippen molar-refractivity contribution < 1.29 is 0 Å². The first kappa shape index (κ1) is 12.8. The molecule has 0 spiro atoms. The van der Waals surface area contributed by atoms with Gasteiger partial charge in [0, 0.05) is 25.4 Å². The second-order valence-electron chi connectivity index (χ2n) is 4.72. The molecule has 2 aromatic rings. The summed E-state index contributed by atoms with van der Waals surface area (Å²) < 4.78 is 1.83. The van der Waals surface area contributed by atoms with Crippen LogP contribution in [0.5, 0.6) is 0 Å². The molecule has 1 aromatic heterocycles. The van der Waals surface area contributed by atoms with Gasteiger partial charge in [0.2, 0.25) is 0 Å². The molecule has 0 atom stereocenters. The lowest BCUT2D eigenvalue weighted by atomic mass is 10.0. The maximum absolute atomic E-state index is 4.21. The minimum Gasteiger partial charge on any atom is -0.313 e. The zero-order valence-electron chi connectivity index (χ0n) is 11.4. The lowest BCUT2D eigenvalue weighted by molar-refractivity contribution is 0.673. The summed E-state index contributed by atoms with van der Waals surface area (Å²) in [6.07, 6.45) is 5.13. The summed E-state index contributed by atoms with van der Waals surface area (Å²) >= 11 is 0. The Morgan fingerprint density at radius 1 is 1.28 bits per heavy atom. The van der Waals surface area contributed by atoms with Gasteiger partial charge in [-0.3, -0.25) is 4.68 Å². The van der Waals surface area contributed by atoms with Crippen molar-refractivity contribution in [3.63, 3.8) is 0 Å². The van der Waals surface area contributed by atoms with Crippen LogP contribution in [-0.4, -0.2) is 16.3 Å². The molecule has 0 amide bonds. The second kappa shape index (κ2) is 5.83. The van der Waals surface area contributed by atoms with Crippen LogP contribution in [0, 0.1) is 6.92 Å². The van der Waals surface area contributed by atoms with E-state index in [0.717, 1.165) is 13.1 Å². The molecule has 3 heteroatoms. The predicted molar refractivity (Wildman–Crippen MR) is 75.4 cm³/mol. The summed E-state index contributed by atoms with van der Waals surface area (Å²) in [5.41, 5.74) is 5.12. The van der Waals surface area contributed by atoms with Crippen molar-refractivity contribution >= 4 is 0 Å². The molecule has 0 fully saturated rings. The number of hydrogen-bond acceptors (Lipinski definition) is 2. The summed E-state index contributed by atoms with van der Waals surface area (Å²) in [4.78, 5) is 0. The number of aromatic nitrogens is 2. The lowest BCUT2D eigenvalue weighted by Gasteiger charge is -2.08. The summed E-state index contributed by atoms with van der Waals surface area (Å²) in [7, 11) is 1.94. The highest BCUT2D eigenvalue weighted by Crippen LogP contribution is 2.21. The highest BCUT2D eigenvalue weighted by molar-refractivity contribution is 5.63. The lowest BCUT2D eigenvalue weighted by Crippen LogP contribution is -2.14. The van der Waals surface area contributed by atoms with Gasteiger partial charge in [0.05, 0.1) is 6.20 Å². The predicted octanol–water partition coefficient (Wildman–Crippen LogP) is 2.90. The van der Waals surface area contributed by atoms with Crippen molar-refractivity contribution in [2.75, 3.05) is 6.54 Å². The largest absolute Gasteiger partial charge is 0.313 e. The Morgan fingerprint density at radius 2 is 2.11 bits per heavy atom. The van der Waals surface area contributed by atoms with Crippen LogP contribution in [0.4, 0.5) is 0 Å². The van der Waals surface area contributed by atoms with E-state index >= 15 is 0 Å². The SMILES string of the molecule is CCCNCc1ccc(-c2cnn(C)c2)cc1C. The third-order valence-electron chi connectivity index (χ3n) is 3.12. The molecule has 0 saturated carbocycles. The van der Waals surface area contributed by atoms with Crippen LogP contribution in [-0.2, 0) is 13.6 Å². The third-order valence-corrected chi connectivity index (χ3v) is 3.12. The number of benzene rings is 1. The maximum Gasteiger partial charge on any atom is 0.0568 e. The smallest absolute Gasteiger partial charge is 0.0568 e. The number of rotatable bonds is 5. The summed E-state index contributed by atoms with van der Waals surface area (Å²) in [5.74, 6) is 0. The van der Waals surface area contributed by atoms with E-state index in [1.807, 2.05) is 24.1 Å². The fraction of sp³-hybridized carbons (Fsp3) is 0.400. The van der Waals surface area contributed by atoms with Crippen LogP contribution < -0.4 is 5.32 Å². The summed E-state index contributed by atoms with van der Waals surface area (Å²) in [6.45, 7) is 6.38. The Hall–Kier alpha value is -1.61. The first-order valence-corrected chi connectivity index (χ1v) is 6.50. The third kappa shape index (κ3) is 2.99. The van der Waals surface area contributed by atoms with Gasteiger partial charge in [-0.25, -0.2) is 0 Å². The highest BCUT2D eigenvalue weighted by atomic mass is 15.2. The van der Waals surface area contributed by atoms with Gasteiger partial charge in [-0.1, -0.05) is 25.1 Å². The van der Waals surface area contributed by atoms with E-state index in [4.69, 9.17) is 0 Å². The van der Waals surface area contributed by atoms with E-state index < -0.39 is 0 Å². The first-order chi connectivity index (χ1) is 8.70.